The molecule has 0 aliphatic heterocycles. The summed E-state index contributed by atoms with van der Waals surface area (Å²) in [6.07, 6.45) is 6.77. The van der Waals surface area contributed by atoms with E-state index in [1.165, 1.54) is 25.7 Å². The molecule has 4 nitrogen and oxygen atoms in total. The minimum atomic E-state index is 0.0107. The third kappa shape index (κ3) is 2.80. The minimum Gasteiger partial charge on any atom is -0.392 e. The van der Waals surface area contributed by atoms with Gasteiger partial charge in [0.15, 0.2) is 0 Å². The molecule has 0 bridgehead atoms. The van der Waals surface area contributed by atoms with Gasteiger partial charge in [0, 0.05) is 30.5 Å². The lowest BCUT2D eigenvalue weighted by Gasteiger charge is -2.33. The molecule has 1 aromatic rings. The van der Waals surface area contributed by atoms with Gasteiger partial charge in [-0.3, -0.25) is 0 Å². The summed E-state index contributed by atoms with van der Waals surface area (Å²) >= 11 is 0. The van der Waals surface area contributed by atoms with E-state index >= 15 is 0 Å². The number of aryl methyl sites for hydroxylation is 1. The van der Waals surface area contributed by atoms with Gasteiger partial charge >= 0.3 is 0 Å². The zero-order valence-electron chi connectivity index (χ0n) is 11.6. The van der Waals surface area contributed by atoms with Crippen molar-refractivity contribution in [2.45, 2.75) is 52.2 Å². The number of anilines is 1. The molecule has 0 atom stereocenters. The van der Waals surface area contributed by atoms with Crippen molar-refractivity contribution in [3.8, 4) is 0 Å². The fourth-order valence-electron chi connectivity index (χ4n) is 2.60. The van der Waals surface area contributed by atoms with Crippen LogP contribution in [0.3, 0.4) is 0 Å². The summed E-state index contributed by atoms with van der Waals surface area (Å²) in [6, 6.07) is 0.556. The molecule has 0 aromatic carbocycles. The first-order valence-electron chi connectivity index (χ1n) is 6.78. The van der Waals surface area contributed by atoms with Crippen LogP contribution < -0.4 is 4.90 Å². The molecule has 0 unspecified atom stereocenters. The number of aliphatic hydroxyl groups excluding tert-OH is 1. The number of rotatable bonds is 3. The van der Waals surface area contributed by atoms with Gasteiger partial charge in [-0.05, 0) is 38.5 Å². The van der Waals surface area contributed by atoms with Crippen molar-refractivity contribution < 1.29 is 5.11 Å². The fourth-order valence-corrected chi connectivity index (χ4v) is 2.60. The SMILES string of the molecule is Cc1nc(N(C)C2CCC(C)CC2)ncc1CO. The second kappa shape index (κ2) is 5.65. The maximum atomic E-state index is 9.13. The van der Waals surface area contributed by atoms with Crippen LogP contribution in [0.1, 0.15) is 43.9 Å². The number of hydrogen-bond acceptors (Lipinski definition) is 4. The molecule has 0 amide bonds. The van der Waals surface area contributed by atoms with E-state index in [0.717, 1.165) is 23.1 Å². The van der Waals surface area contributed by atoms with Gasteiger partial charge in [0.05, 0.1) is 6.61 Å². The average molecular weight is 249 g/mol. The lowest BCUT2D eigenvalue weighted by Crippen LogP contribution is -2.36. The van der Waals surface area contributed by atoms with Crippen molar-refractivity contribution in [1.29, 1.82) is 0 Å². The van der Waals surface area contributed by atoms with Gasteiger partial charge in [0.2, 0.25) is 5.95 Å². The van der Waals surface area contributed by atoms with Gasteiger partial charge in [-0.15, -0.1) is 0 Å². The highest BCUT2D eigenvalue weighted by molar-refractivity contribution is 5.33. The molecule has 1 aromatic heterocycles. The van der Waals surface area contributed by atoms with Crippen LogP contribution in [0.15, 0.2) is 6.20 Å². The number of hydrogen-bond donors (Lipinski definition) is 1. The van der Waals surface area contributed by atoms with Crippen molar-refractivity contribution in [2.24, 2.45) is 5.92 Å². The van der Waals surface area contributed by atoms with E-state index in [1.54, 1.807) is 6.20 Å². The Morgan fingerprint density at radius 1 is 1.33 bits per heavy atom. The molecule has 1 aliphatic rings. The molecule has 1 fully saturated rings. The minimum absolute atomic E-state index is 0.0107. The molecule has 4 heteroatoms. The Balaban J connectivity index is 2.08. The average Bonchev–Trinajstić information content (AvgIpc) is 2.38. The van der Waals surface area contributed by atoms with Gasteiger partial charge in [0.1, 0.15) is 0 Å². The van der Waals surface area contributed by atoms with Gasteiger partial charge in [-0.2, -0.15) is 0 Å². The number of nitrogens with zero attached hydrogens (tertiary/aromatic N) is 3. The summed E-state index contributed by atoms with van der Waals surface area (Å²) in [5, 5.41) is 9.13. The Kier molecular flexibility index (Phi) is 4.17. The maximum absolute atomic E-state index is 9.13. The first-order chi connectivity index (χ1) is 8.61. The highest BCUT2D eigenvalue weighted by Crippen LogP contribution is 2.28. The van der Waals surface area contributed by atoms with Crippen molar-refractivity contribution >= 4 is 5.95 Å². The summed E-state index contributed by atoms with van der Waals surface area (Å²) in [5.74, 6) is 1.64. The number of aliphatic hydroxyl groups is 1. The van der Waals surface area contributed by atoms with Crippen LogP contribution in [-0.2, 0) is 6.61 Å². The molecule has 1 saturated carbocycles. The van der Waals surface area contributed by atoms with Crippen LogP contribution in [0.25, 0.3) is 0 Å². The van der Waals surface area contributed by atoms with Crippen LogP contribution in [0.5, 0.6) is 0 Å². The number of aromatic nitrogens is 2. The van der Waals surface area contributed by atoms with Gasteiger partial charge in [-0.1, -0.05) is 6.92 Å². The third-order valence-corrected chi connectivity index (χ3v) is 4.09. The molecule has 2 rings (SSSR count). The predicted octanol–water partition coefficient (Wildman–Crippen LogP) is 2.29. The summed E-state index contributed by atoms with van der Waals surface area (Å²) < 4.78 is 0. The molecule has 1 aliphatic carbocycles. The Bertz CT molecular complexity index is 400. The second-order valence-electron chi connectivity index (χ2n) is 5.46. The van der Waals surface area contributed by atoms with E-state index < -0.39 is 0 Å². The lowest BCUT2D eigenvalue weighted by atomic mass is 9.87. The second-order valence-corrected chi connectivity index (χ2v) is 5.46. The molecular weight excluding hydrogens is 226 g/mol. The third-order valence-electron chi connectivity index (χ3n) is 4.09. The van der Waals surface area contributed by atoms with Crippen LogP contribution >= 0.6 is 0 Å². The first-order valence-corrected chi connectivity index (χ1v) is 6.78. The van der Waals surface area contributed by atoms with Gasteiger partial charge < -0.3 is 10.0 Å². The van der Waals surface area contributed by atoms with Crippen molar-refractivity contribution in [3.05, 3.63) is 17.5 Å². The molecule has 18 heavy (non-hydrogen) atoms. The van der Waals surface area contributed by atoms with Crippen LogP contribution in [-0.4, -0.2) is 28.2 Å². The fraction of sp³-hybridized carbons (Fsp3) is 0.714. The van der Waals surface area contributed by atoms with Gasteiger partial charge in [-0.25, -0.2) is 9.97 Å². The molecule has 100 valence electrons. The molecular formula is C14H23N3O. The highest BCUT2D eigenvalue weighted by Gasteiger charge is 2.23. The van der Waals surface area contributed by atoms with E-state index in [2.05, 4.69) is 28.8 Å². The summed E-state index contributed by atoms with van der Waals surface area (Å²) in [5.41, 5.74) is 1.68. The molecule has 0 radical (unpaired) electrons. The lowest BCUT2D eigenvalue weighted by molar-refractivity contribution is 0.280. The molecule has 0 spiro atoms. The van der Waals surface area contributed by atoms with E-state index in [-0.39, 0.29) is 6.61 Å². The quantitative estimate of drug-likeness (QED) is 0.893. The van der Waals surface area contributed by atoms with Crippen molar-refractivity contribution in [1.82, 2.24) is 9.97 Å². The summed E-state index contributed by atoms with van der Waals surface area (Å²) in [7, 11) is 2.08. The summed E-state index contributed by atoms with van der Waals surface area (Å²) in [4.78, 5) is 11.0. The van der Waals surface area contributed by atoms with Gasteiger partial charge in [0.25, 0.3) is 0 Å². The van der Waals surface area contributed by atoms with Crippen LogP contribution in [0.4, 0.5) is 5.95 Å². The van der Waals surface area contributed by atoms with E-state index in [9.17, 15) is 0 Å². The Hall–Kier alpha value is -1.16. The standard InChI is InChI=1S/C14H23N3O/c1-10-4-6-13(7-5-10)17(3)14-15-8-12(9-18)11(2)16-14/h8,10,13,18H,4-7,9H2,1-3H3. The normalized spacial score (nSPS) is 24.0. The zero-order valence-corrected chi connectivity index (χ0v) is 11.6. The largest absolute Gasteiger partial charge is 0.392 e. The van der Waals surface area contributed by atoms with Crippen LogP contribution in [0, 0.1) is 12.8 Å². The van der Waals surface area contributed by atoms with Crippen molar-refractivity contribution in [2.75, 3.05) is 11.9 Å². The predicted molar refractivity (Wildman–Crippen MR) is 72.5 cm³/mol. The summed E-state index contributed by atoms with van der Waals surface area (Å²) in [6.45, 7) is 4.26. The Morgan fingerprint density at radius 2 is 2.00 bits per heavy atom. The Morgan fingerprint density at radius 3 is 2.56 bits per heavy atom. The topological polar surface area (TPSA) is 49.2 Å². The first kappa shape index (κ1) is 13.3. The molecule has 0 saturated heterocycles. The van der Waals surface area contributed by atoms with Crippen molar-refractivity contribution in [3.63, 3.8) is 0 Å². The van der Waals surface area contributed by atoms with Crippen LogP contribution in [0.2, 0.25) is 0 Å². The highest BCUT2D eigenvalue weighted by atomic mass is 16.3. The van der Waals surface area contributed by atoms with E-state index in [1.807, 2.05) is 6.92 Å². The smallest absolute Gasteiger partial charge is 0.225 e. The van der Waals surface area contributed by atoms with E-state index in [0.29, 0.717) is 6.04 Å². The monoisotopic (exact) mass is 249 g/mol. The van der Waals surface area contributed by atoms with E-state index in [4.69, 9.17) is 5.11 Å². The molecule has 1 N–H and O–H groups in total. The Labute approximate surface area is 109 Å². The zero-order chi connectivity index (χ0) is 13.1. The molecule has 1 heterocycles. The maximum Gasteiger partial charge on any atom is 0.225 e.